The molecule has 8 heteroatoms. The lowest BCUT2D eigenvalue weighted by atomic mass is 10.4. The second kappa shape index (κ2) is 3.65. The van der Waals surface area contributed by atoms with E-state index >= 15 is 0 Å². The first kappa shape index (κ1) is 10.5. The van der Waals surface area contributed by atoms with Crippen molar-refractivity contribution in [3.05, 3.63) is 11.8 Å². The van der Waals surface area contributed by atoms with E-state index in [9.17, 15) is 8.42 Å². The van der Waals surface area contributed by atoms with Crippen LogP contribution in [0.4, 0.5) is 5.82 Å². The third-order valence-corrected chi connectivity index (χ3v) is 2.90. The summed E-state index contributed by atoms with van der Waals surface area (Å²) in [7, 11) is -0.833. The molecule has 1 heterocycles. The number of anilines is 1. The number of rotatable bonds is 3. The second-order valence-electron chi connectivity index (χ2n) is 2.66. The third kappa shape index (κ3) is 2.01. The normalized spacial score (nSPS) is 11.3. The lowest BCUT2D eigenvalue weighted by Crippen LogP contribution is -2.29. The van der Waals surface area contributed by atoms with Gasteiger partial charge in [0.15, 0.2) is 5.82 Å². The number of hydrogen-bond acceptors (Lipinski definition) is 4. The molecule has 0 amide bonds. The summed E-state index contributed by atoms with van der Waals surface area (Å²) in [4.78, 5) is 0. The molecule has 1 aromatic rings. The molecule has 0 fully saturated rings. The number of aromatic nitrogens is 2. The van der Waals surface area contributed by atoms with E-state index < -0.39 is 10.2 Å². The van der Waals surface area contributed by atoms with E-state index in [1.165, 1.54) is 20.3 Å². The monoisotopic (exact) mass is 215 g/mol. The fourth-order valence-corrected chi connectivity index (χ4v) is 1.27. The lowest BCUT2D eigenvalue weighted by molar-refractivity contribution is 0.526. The van der Waals surface area contributed by atoms with Gasteiger partial charge in [0.2, 0.25) is 0 Å². The van der Waals surface area contributed by atoms with Crippen LogP contribution in [0, 0.1) is 11.3 Å². The molecule has 7 nitrogen and oxygen atoms in total. The van der Waals surface area contributed by atoms with Crippen LogP contribution in [0.5, 0.6) is 0 Å². The summed E-state index contributed by atoms with van der Waals surface area (Å²) in [6.45, 7) is 0. The van der Waals surface area contributed by atoms with Gasteiger partial charge in [-0.05, 0) is 0 Å². The molecule has 1 rings (SSSR count). The van der Waals surface area contributed by atoms with Crippen molar-refractivity contribution >= 4 is 16.0 Å². The maximum atomic E-state index is 11.3. The van der Waals surface area contributed by atoms with Crippen LogP contribution >= 0.6 is 0 Å². The highest BCUT2D eigenvalue weighted by atomic mass is 32.2. The van der Waals surface area contributed by atoms with E-state index in [-0.39, 0.29) is 11.4 Å². The summed E-state index contributed by atoms with van der Waals surface area (Å²) >= 11 is 0. The Morgan fingerprint density at radius 2 is 2.29 bits per heavy atom. The standard InChI is InChI=1S/C6H9N5O2S/c1-11(2)14(12,13)10-6-5(3-7)4-8-9-6/h4H,1-2H3,(H2,8,9,10). The zero-order valence-corrected chi connectivity index (χ0v) is 8.46. The Kier molecular flexibility index (Phi) is 2.73. The van der Waals surface area contributed by atoms with Crippen LogP contribution in [-0.2, 0) is 10.2 Å². The Labute approximate surface area is 81.5 Å². The maximum Gasteiger partial charge on any atom is 0.302 e. The van der Waals surface area contributed by atoms with Gasteiger partial charge in [-0.25, -0.2) is 0 Å². The molecule has 0 aliphatic heterocycles. The molecule has 0 bridgehead atoms. The van der Waals surface area contributed by atoms with Crippen LogP contribution in [0.3, 0.4) is 0 Å². The minimum atomic E-state index is -3.59. The number of nitrogens with one attached hydrogen (secondary N) is 2. The Balaban J connectivity index is 2.97. The van der Waals surface area contributed by atoms with E-state index in [1.54, 1.807) is 6.07 Å². The average molecular weight is 215 g/mol. The second-order valence-corrected chi connectivity index (χ2v) is 4.54. The molecule has 0 radical (unpaired) electrons. The van der Waals surface area contributed by atoms with Gasteiger partial charge >= 0.3 is 10.2 Å². The summed E-state index contributed by atoms with van der Waals surface area (Å²) in [6, 6.07) is 1.80. The minimum absolute atomic E-state index is 0.0706. The molecule has 0 unspecified atom stereocenters. The molecule has 1 aromatic heterocycles. The van der Waals surface area contributed by atoms with E-state index in [1.807, 2.05) is 0 Å². The Bertz CT molecular complexity index is 455. The zero-order valence-electron chi connectivity index (χ0n) is 7.64. The van der Waals surface area contributed by atoms with Gasteiger partial charge in [0.05, 0.1) is 6.20 Å². The molecule has 14 heavy (non-hydrogen) atoms. The number of nitriles is 1. The van der Waals surface area contributed by atoms with E-state index in [0.29, 0.717) is 0 Å². The molecule has 0 saturated heterocycles. The zero-order chi connectivity index (χ0) is 10.8. The minimum Gasteiger partial charge on any atom is -0.261 e. The third-order valence-electron chi connectivity index (χ3n) is 1.47. The van der Waals surface area contributed by atoms with E-state index in [0.717, 1.165) is 4.31 Å². The average Bonchev–Trinajstić information content (AvgIpc) is 2.50. The molecule has 2 N–H and O–H groups in total. The smallest absolute Gasteiger partial charge is 0.261 e. The highest BCUT2D eigenvalue weighted by Gasteiger charge is 2.16. The van der Waals surface area contributed by atoms with E-state index in [4.69, 9.17) is 5.26 Å². The van der Waals surface area contributed by atoms with Crippen molar-refractivity contribution in [2.45, 2.75) is 0 Å². The van der Waals surface area contributed by atoms with Crippen LogP contribution in [0.15, 0.2) is 6.20 Å². The SMILES string of the molecule is CN(C)S(=O)(=O)Nc1[nH]ncc1C#N. The summed E-state index contributed by atoms with van der Waals surface area (Å²) < 4.78 is 25.8. The van der Waals surface area contributed by atoms with Crippen LogP contribution in [0.25, 0.3) is 0 Å². The summed E-state index contributed by atoms with van der Waals surface area (Å²) in [5.74, 6) is 0.0706. The predicted molar refractivity (Wildman–Crippen MR) is 49.5 cm³/mol. The first-order valence-electron chi connectivity index (χ1n) is 3.61. The van der Waals surface area contributed by atoms with Gasteiger partial charge in [-0.3, -0.25) is 9.82 Å². The molecule has 0 aliphatic rings. The number of aromatic amines is 1. The van der Waals surface area contributed by atoms with Crippen molar-refractivity contribution in [1.29, 1.82) is 5.26 Å². The lowest BCUT2D eigenvalue weighted by Gasteiger charge is -2.11. The number of H-pyrrole nitrogens is 1. The molecule has 0 atom stereocenters. The highest BCUT2D eigenvalue weighted by Crippen LogP contribution is 2.11. The van der Waals surface area contributed by atoms with Crippen LogP contribution in [0.2, 0.25) is 0 Å². The molecule has 0 aliphatic carbocycles. The van der Waals surface area contributed by atoms with Gasteiger partial charge in [0.25, 0.3) is 0 Å². The van der Waals surface area contributed by atoms with Crippen LogP contribution in [-0.4, -0.2) is 37.0 Å². The predicted octanol–water partition coefficient (Wildman–Crippen LogP) is -0.500. The Morgan fingerprint density at radius 3 is 2.79 bits per heavy atom. The summed E-state index contributed by atoms with van der Waals surface area (Å²) in [6.07, 6.45) is 1.24. The molecular formula is C6H9N5O2S. The Morgan fingerprint density at radius 1 is 1.64 bits per heavy atom. The first-order chi connectivity index (χ1) is 6.47. The topological polar surface area (TPSA) is 102 Å². The quantitative estimate of drug-likeness (QED) is 0.709. The van der Waals surface area contributed by atoms with Gasteiger partial charge in [-0.1, -0.05) is 0 Å². The van der Waals surface area contributed by atoms with Gasteiger partial charge in [-0.15, -0.1) is 0 Å². The van der Waals surface area contributed by atoms with Gasteiger partial charge in [-0.2, -0.15) is 23.1 Å². The van der Waals surface area contributed by atoms with Gasteiger partial charge in [0.1, 0.15) is 11.6 Å². The van der Waals surface area contributed by atoms with E-state index in [2.05, 4.69) is 14.9 Å². The van der Waals surface area contributed by atoms with Crippen molar-refractivity contribution in [1.82, 2.24) is 14.5 Å². The van der Waals surface area contributed by atoms with Gasteiger partial charge < -0.3 is 0 Å². The van der Waals surface area contributed by atoms with Crippen LogP contribution in [0.1, 0.15) is 5.56 Å². The van der Waals surface area contributed by atoms with Crippen molar-refractivity contribution in [2.24, 2.45) is 0 Å². The summed E-state index contributed by atoms with van der Waals surface area (Å²) in [5.41, 5.74) is 0.149. The van der Waals surface area contributed by atoms with Crippen molar-refractivity contribution < 1.29 is 8.42 Å². The molecule has 0 aromatic carbocycles. The molecule has 0 saturated carbocycles. The molecule has 76 valence electrons. The first-order valence-corrected chi connectivity index (χ1v) is 5.05. The molecular weight excluding hydrogens is 206 g/mol. The fourth-order valence-electron chi connectivity index (χ4n) is 0.669. The number of hydrogen-bond donors (Lipinski definition) is 2. The van der Waals surface area contributed by atoms with Crippen molar-refractivity contribution in [3.8, 4) is 6.07 Å². The van der Waals surface area contributed by atoms with Crippen LogP contribution < -0.4 is 4.72 Å². The van der Waals surface area contributed by atoms with Crippen molar-refractivity contribution in [3.63, 3.8) is 0 Å². The summed E-state index contributed by atoms with van der Waals surface area (Å²) in [5, 5.41) is 14.5. The fraction of sp³-hybridized carbons (Fsp3) is 0.333. The largest absolute Gasteiger partial charge is 0.302 e. The van der Waals surface area contributed by atoms with Gasteiger partial charge in [0, 0.05) is 14.1 Å². The van der Waals surface area contributed by atoms with Crippen molar-refractivity contribution in [2.75, 3.05) is 18.8 Å². The number of nitrogens with zero attached hydrogens (tertiary/aromatic N) is 3. The maximum absolute atomic E-state index is 11.3. The highest BCUT2D eigenvalue weighted by molar-refractivity contribution is 7.90. The Hall–Kier alpha value is -1.59. The molecule has 0 spiro atoms.